The smallest absolute Gasteiger partial charge is 0.0481 e. The summed E-state index contributed by atoms with van der Waals surface area (Å²) in [7, 11) is 0. The van der Waals surface area contributed by atoms with Crippen LogP contribution in [0.2, 0.25) is 0 Å². The molecule has 2 aromatic carbocycles. The standard InChI is InChI=1S/C27H30N2.2C5H10/c1-19-11-13-23(28-15-7-8-16-28)21(3)25(19)27(5,6)26-20(2)12-14-24(22(26)4)29-17-9-10-18-29;2*1-2-4-5-3-1/h7-18H,1-6H3;2*1-5H2. The van der Waals surface area contributed by atoms with Gasteiger partial charge in [0.1, 0.15) is 0 Å². The van der Waals surface area contributed by atoms with E-state index < -0.39 is 0 Å². The van der Waals surface area contributed by atoms with Gasteiger partial charge in [-0.2, -0.15) is 0 Å². The van der Waals surface area contributed by atoms with E-state index in [9.17, 15) is 0 Å². The first-order valence-corrected chi connectivity index (χ1v) is 15.3. The number of benzene rings is 2. The Balaban J connectivity index is 0.000000294. The zero-order valence-corrected chi connectivity index (χ0v) is 25.4. The van der Waals surface area contributed by atoms with E-state index in [1.165, 1.54) is 109 Å². The van der Waals surface area contributed by atoms with E-state index in [2.05, 4.69) is 124 Å². The molecule has 2 heteroatoms. The van der Waals surface area contributed by atoms with Crippen molar-refractivity contribution in [3.63, 3.8) is 0 Å². The Labute approximate surface area is 238 Å². The van der Waals surface area contributed by atoms with Gasteiger partial charge < -0.3 is 9.13 Å². The minimum Gasteiger partial charge on any atom is -0.324 e. The Bertz CT molecular complexity index is 1180. The molecule has 0 aliphatic heterocycles. The summed E-state index contributed by atoms with van der Waals surface area (Å²) in [5.41, 5.74) is 10.6. The molecule has 0 saturated heterocycles. The van der Waals surface area contributed by atoms with Crippen LogP contribution in [0.3, 0.4) is 0 Å². The van der Waals surface area contributed by atoms with Crippen molar-refractivity contribution in [3.8, 4) is 11.4 Å². The van der Waals surface area contributed by atoms with Crippen LogP contribution in [0.5, 0.6) is 0 Å². The van der Waals surface area contributed by atoms with Gasteiger partial charge in [0.25, 0.3) is 0 Å². The fraction of sp³-hybridized carbons (Fsp3) is 0.459. The van der Waals surface area contributed by atoms with Gasteiger partial charge in [-0.25, -0.2) is 0 Å². The van der Waals surface area contributed by atoms with Crippen molar-refractivity contribution < 1.29 is 0 Å². The van der Waals surface area contributed by atoms with E-state index in [-0.39, 0.29) is 5.41 Å². The van der Waals surface area contributed by atoms with Gasteiger partial charge in [0.05, 0.1) is 0 Å². The Morgan fingerprint density at radius 3 is 1.03 bits per heavy atom. The molecule has 0 atom stereocenters. The molecule has 0 unspecified atom stereocenters. The Morgan fingerprint density at radius 2 is 0.744 bits per heavy atom. The first kappa shape index (κ1) is 29.0. The quantitative estimate of drug-likeness (QED) is 0.252. The molecular weight excluding hydrogens is 472 g/mol. The third-order valence-electron chi connectivity index (χ3n) is 8.80. The third kappa shape index (κ3) is 6.78. The number of aromatic nitrogens is 2. The lowest BCUT2D eigenvalue weighted by Gasteiger charge is -2.34. The second-order valence-electron chi connectivity index (χ2n) is 12.1. The first-order chi connectivity index (χ1) is 18.8. The first-order valence-electron chi connectivity index (χ1n) is 15.3. The van der Waals surface area contributed by atoms with Gasteiger partial charge in [-0.15, -0.1) is 0 Å². The highest BCUT2D eigenvalue weighted by atomic mass is 14.9. The van der Waals surface area contributed by atoms with Gasteiger partial charge in [-0.3, -0.25) is 0 Å². The van der Waals surface area contributed by atoms with Crippen LogP contribution in [0, 0.1) is 27.7 Å². The second-order valence-corrected chi connectivity index (χ2v) is 12.1. The summed E-state index contributed by atoms with van der Waals surface area (Å²) in [5, 5.41) is 0. The average Bonchev–Trinajstić information content (AvgIpc) is 3.74. The Hall–Kier alpha value is -3.00. The maximum absolute atomic E-state index is 2.37. The summed E-state index contributed by atoms with van der Waals surface area (Å²) >= 11 is 0. The molecule has 0 spiro atoms. The van der Waals surface area contributed by atoms with E-state index in [0.29, 0.717) is 0 Å². The topological polar surface area (TPSA) is 9.86 Å². The normalized spacial score (nSPS) is 14.9. The monoisotopic (exact) mass is 522 g/mol. The van der Waals surface area contributed by atoms with Gasteiger partial charge >= 0.3 is 0 Å². The third-order valence-corrected chi connectivity index (χ3v) is 8.80. The van der Waals surface area contributed by atoms with Crippen molar-refractivity contribution in [1.82, 2.24) is 9.13 Å². The molecule has 0 N–H and O–H groups in total. The number of aryl methyl sites for hydroxylation is 2. The molecule has 2 aromatic heterocycles. The lowest BCUT2D eigenvalue weighted by molar-refractivity contribution is 0.620. The molecule has 4 aromatic rings. The maximum Gasteiger partial charge on any atom is 0.0481 e. The summed E-state index contributed by atoms with van der Waals surface area (Å²) < 4.78 is 4.43. The molecule has 2 nitrogen and oxygen atoms in total. The molecule has 0 bridgehead atoms. The maximum atomic E-state index is 2.37. The van der Waals surface area contributed by atoms with E-state index in [1.54, 1.807) is 0 Å². The number of nitrogens with zero attached hydrogens (tertiary/aromatic N) is 2. The fourth-order valence-corrected chi connectivity index (χ4v) is 7.04. The van der Waals surface area contributed by atoms with Crippen LogP contribution in [0.15, 0.2) is 73.3 Å². The minimum absolute atomic E-state index is 0.116. The van der Waals surface area contributed by atoms with Crippen molar-refractivity contribution in [3.05, 3.63) is 107 Å². The van der Waals surface area contributed by atoms with Gasteiger partial charge in [0.2, 0.25) is 0 Å². The highest BCUT2D eigenvalue weighted by Gasteiger charge is 2.31. The van der Waals surface area contributed by atoms with Crippen LogP contribution in [-0.2, 0) is 5.41 Å². The molecule has 2 aliphatic rings. The van der Waals surface area contributed by atoms with Gasteiger partial charge in [0, 0.05) is 41.6 Å². The highest BCUT2D eigenvalue weighted by Crippen LogP contribution is 2.41. The molecule has 2 aliphatic carbocycles. The van der Waals surface area contributed by atoms with Crippen molar-refractivity contribution in [2.24, 2.45) is 0 Å². The molecule has 2 heterocycles. The van der Waals surface area contributed by atoms with Crippen LogP contribution in [-0.4, -0.2) is 9.13 Å². The molecule has 0 radical (unpaired) electrons. The molecule has 39 heavy (non-hydrogen) atoms. The lowest BCUT2D eigenvalue weighted by atomic mass is 9.71. The lowest BCUT2D eigenvalue weighted by Crippen LogP contribution is -2.25. The van der Waals surface area contributed by atoms with Crippen LogP contribution in [0.1, 0.15) is 111 Å². The molecule has 6 rings (SSSR count). The second kappa shape index (κ2) is 13.4. The van der Waals surface area contributed by atoms with Crippen LogP contribution in [0.4, 0.5) is 0 Å². The summed E-state index contributed by atoms with van der Waals surface area (Å²) in [6, 6.07) is 17.3. The van der Waals surface area contributed by atoms with Crippen LogP contribution in [0.25, 0.3) is 11.4 Å². The summed E-state index contributed by atoms with van der Waals surface area (Å²) in [6.45, 7) is 13.8. The van der Waals surface area contributed by atoms with E-state index in [1.807, 2.05) is 0 Å². The molecule has 2 fully saturated rings. The summed E-state index contributed by atoms with van der Waals surface area (Å²) in [6.07, 6.45) is 23.5. The molecule has 208 valence electrons. The minimum atomic E-state index is -0.116. The van der Waals surface area contributed by atoms with Crippen LogP contribution < -0.4 is 0 Å². The predicted octanol–water partition coefficient (Wildman–Crippen LogP) is 10.7. The van der Waals surface area contributed by atoms with Gasteiger partial charge in [-0.1, -0.05) is 90.2 Å². The molecular formula is C37H50N2. The van der Waals surface area contributed by atoms with Crippen molar-refractivity contribution in [1.29, 1.82) is 0 Å². The highest BCUT2D eigenvalue weighted by molar-refractivity contribution is 5.60. The fourth-order valence-electron chi connectivity index (χ4n) is 7.04. The van der Waals surface area contributed by atoms with E-state index >= 15 is 0 Å². The number of hydrogen-bond donors (Lipinski definition) is 0. The number of hydrogen-bond acceptors (Lipinski definition) is 0. The van der Waals surface area contributed by atoms with Crippen LogP contribution >= 0.6 is 0 Å². The summed E-state index contributed by atoms with van der Waals surface area (Å²) in [5.74, 6) is 0. The van der Waals surface area contributed by atoms with Crippen molar-refractivity contribution >= 4 is 0 Å². The van der Waals surface area contributed by atoms with Crippen molar-refractivity contribution in [2.75, 3.05) is 0 Å². The Morgan fingerprint density at radius 1 is 0.462 bits per heavy atom. The van der Waals surface area contributed by atoms with Gasteiger partial charge in [0.15, 0.2) is 0 Å². The SMILES string of the molecule is C1CCCC1.C1CCCC1.Cc1ccc(-n2cccc2)c(C)c1C(C)(C)c1c(C)ccc(-n2cccc2)c1C. The molecule has 0 amide bonds. The Kier molecular flexibility index (Phi) is 9.94. The predicted molar refractivity (Wildman–Crippen MR) is 169 cm³/mol. The van der Waals surface area contributed by atoms with E-state index in [4.69, 9.17) is 0 Å². The summed E-state index contributed by atoms with van der Waals surface area (Å²) in [4.78, 5) is 0. The van der Waals surface area contributed by atoms with E-state index in [0.717, 1.165) is 0 Å². The zero-order valence-electron chi connectivity index (χ0n) is 25.4. The van der Waals surface area contributed by atoms with Gasteiger partial charge in [-0.05, 0) is 97.5 Å². The number of rotatable bonds is 4. The molecule has 2 saturated carbocycles. The van der Waals surface area contributed by atoms with Crippen molar-refractivity contribution in [2.45, 2.75) is 111 Å². The average molecular weight is 523 g/mol. The zero-order chi connectivity index (χ0) is 27.8. The largest absolute Gasteiger partial charge is 0.324 e.